The normalized spacial score (nSPS) is 11.1. The summed E-state index contributed by atoms with van der Waals surface area (Å²) in [5, 5.41) is 13.7. The number of benzene rings is 2. The van der Waals surface area contributed by atoms with Gasteiger partial charge in [-0.1, -0.05) is 18.2 Å². The Morgan fingerprint density at radius 2 is 1.77 bits per heavy atom. The summed E-state index contributed by atoms with van der Waals surface area (Å²) in [4.78, 5) is 16.3. The van der Waals surface area contributed by atoms with E-state index in [1.165, 1.54) is 24.3 Å². The molecule has 0 aliphatic carbocycles. The number of anilines is 2. The van der Waals surface area contributed by atoms with Crippen molar-refractivity contribution in [1.29, 1.82) is 0 Å². The third-order valence-electron chi connectivity index (χ3n) is 3.32. The highest BCUT2D eigenvalue weighted by atomic mass is 32.2. The molecule has 1 aromatic heterocycles. The molecule has 134 valence electrons. The fourth-order valence-corrected chi connectivity index (χ4v) is 4.11. The van der Waals surface area contributed by atoms with Gasteiger partial charge in [0.1, 0.15) is 5.75 Å². The fraction of sp³-hybridized carbons (Fsp3) is 0.0588. The summed E-state index contributed by atoms with van der Waals surface area (Å²) in [5.74, 6) is -0.184. The quantitative estimate of drug-likeness (QED) is 0.562. The van der Waals surface area contributed by atoms with Gasteiger partial charge in [-0.3, -0.25) is 9.52 Å². The molecule has 0 aliphatic heterocycles. The van der Waals surface area contributed by atoms with E-state index in [0.717, 1.165) is 11.3 Å². The average molecular weight is 389 g/mol. The molecule has 0 bridgehead atoms. The number of amides is 1. The van der Waals surface area contributed by atoms with Crippen molar-refractivity contribution in [3.05, 3.63) is 65.7 Å². The number of aromatic nitrogens is 1. The molecule has 0 fully saturated rings. The zero-order valence-corrected chi connectivity index (χ0v) is 15.0. The lowest BCUT2D eigenvalue weighted by Gasteiger charge is -2.05. The van der Waals surface area contributed by atoms with Crippen LogP contribution in [0.3, 0.4) is 0 Å². The average Bonchev–Trinajstić information content (AvgIpc) is 3.03. The van der Waals surface area contributed by atoms with E-state index in [4.69, 9.17) is 0 Å². The topological polar surface area (TPSA) is 108 Å². The van der Waals surface area contributed by atoms with Gasteiger partial charge in [0.2, 0.25) is 5.91 Å². The van der Waals surface area contributed by atoms with Gasteiger partial charge >= 0.3 is 0 Å². The van der Waals surface area contributed by atoms with E-state index in [1.54, 1.807) is 35.7 Å². The van der Waals surface area contributed by atoms with Crippen LogP contribution in [0, 0.1) is 0 Å². The number of nitrogens with zero attached hydrogens (tertiary/aromatic N) is 1. The smallest absolute Gasteiger partial charge is 0.263 e. The highest BCUT2D eigenvalue weighted by Gasteiger charge is 2.16. The van der Waals surface area contributed by atoms with Gasteiger partial charge in [0.05, 0.1) is 17.0 Å². The number of aromatic hydroxyl groups is 1. The molecule has 0 spiro atoms. The molecule has 2 aromatic carbocycles. The van der Waals surface area contributed by atoms with Crippen LogP contribution in [0.2, 0.25) is 0 Å². The predicted molar refractivity (Wildman–Crippen MR) is 99.8 cm³/mol. The van der Waals surface area contributed by atoms with Gasteiger partial charge in [0, 0.05) is 11.1 Å². The van der Waals surface area contributed by atoms with E-state index < -0.39 is 10.0 Å². The van der Waals surface area contributed by atoms with Gasteiger partial charge in [-0.25, -0.2) is 13.4 Å². The van der Waals surface area contributed by atoms with E-state index in [2.05, 4.69) is 15.0 Å². The minimum atomic E-state index is -3.71. The van der Waals surface area contributed by atoms with Crippen LogP contribution in [-0.2, 0) is 21.2 Å². The van der Waals surface area contributed by atoms with Crippen molar-refractivity contribution in [2.45, 2.75) is 11.3 Å². The van der Waals surface area contributed by atoms with Crippen molar-refractivity contribution < 1.29 is 18.3 Å². The number of nitrogens with one attached hydrogen (secondary N) is 2. The van der Waals surface area contributed by atoms with Gasteiger partial charge in [-0.2, -0.15) is 0 Å². The minimum absolute atomic E-state index is 0.00441. The summed E-state index contributed by atoms with van der Waals surface area (Å²) in [6.07, 6.45) is 0.00441. The van der Waals surface area contributed by atoms with Crippen LogP contribution in [0.5, 0.6) is 5.75 Å². The molecule has 26 heavy (non-hydrogen) atoms. The lowest BCUT2D eigenvalue weighted by molar-refractivity contribution is -0.115. The Bertz CT molecular complexity index is 1000. The molecule has 3 rings (SSSR count). The molecule has 0 atom stereocenters. The second-order valence-corrected chi connectivity index (χ2v) is 7.87. The summed E-state index contributed by atoms with van der Waals surface area (Å²) in [7, 11) is -3.71. The highest BCUT2D eigenvalue weighted by Crippen LogP contribution is 2.21. The van der Waals surface area contributed by atoms with Crippen molar-refractivity contribution in [3.8, 4) is 5.75 Å². The predicted octanol–water partition coefficient (Wildman–Crippen LogP) is 2.83. The van der Waals surface area contributed by atoms with Crippen LogP contribution < -0.4 is 10.0 Å². The molecular weight excluding hydrogens is 374 g/mol. The summed E-state index contributed by atoms with van der Waals surface area (Å²) >= 11 is 1.11. The Labute approximate surface area is 154 Å². The largest absolute Gasteiger partial charge is 0.508 e. The zero-order chi connectivity index (χ0) is 18.6. The molecule has 0 aliphatic rings. The number of thiazole rings is 1. The number of hydrogen-bond acceptors (Lipinski definition) is 6. The third-order valence-corrected chi connectivity index (χ3v) is 5.61. The number of carbonyl (C=O) groups is 1. The monoisotopic (exact) mass is 389 g/mol. The molecule has 1 amide bonds. The van der Waals surface area contributed by atoms with Crippen molar-refractivity contribution in [2.24, 2.45) is 0 Å². The van der Waals surface area contributed by atoms with Gasteiger partial charge in [-0.05, 0) is 36.4 Å². The summed E-state index contributed by atoms with van der Waals surface area (Å²) in [6.45, 7) is 0. The SMILES string of the molecule is O=C(Cc1csc(NS(=O)(=O)c2ccccc2)n1)Nc1ccc(O)cc1. The van der Waals surface area contributed by atoms with Crippen LogP contribution in [0.25, 0.3) is 0 Å². The number of sulfonamides is 1. The van der Waals surface area contributed by atoms with Crippen molar-refractivity contribution in [1.82, 2.24) is 4.98 Å². The highest BCUT2D eigenvalue weighted by molar-refractivity contribution is 7.93. The molecular formula is C17H15N3O4S2. The maximum absolute atomic E-state index is 12.3. The van der Waals surface area contributed by atoms with Gasteiger partial charge in [-0.15, -0.1) is 11.3 Å². The van der Waals surface area contributed by atoms with Crippen LogP contribution >= 0.6 is 11.3 Å². The van der Waals surface area contributed by atoms with Crippen LogP contribution in [0.1, 0.15) is 5.69 Å². The number of rotatable bonds is 6. The van der Waals surface area contributed by atoms with E-state index in [9.17, 15) is 18.3 Å². The molecule has 0 radical (unpaired) electrons. The Morgan fingerprint density at radius 3 is 2.46 bits per heavy atom. The molecule has 7 nitrogen and oxygen atoms in total. The summed E-state index contributed by atoms with van der Waals surface area (Å²) in [6, 6.07) is 14.1. The van der Waals surface area contributed by atoms with Gasteiger partial charge < -0.3 is 10.4 Å². The molecule has 0 unspecified atom stereocenters. The number of carbonyl (C=O) groups excluding carboxylic acids is 1. The third kappa shape index (κ3) is 4.58. The van der Waals surface area contributed by atoms with Gasteiger partial charge in [0.25, 0.3) is 10.0 Å². The van der Waals surface area contributed by atoms with Crippen LogP contribution in [0.4, 0.5) is 10.8 Å². The Kier molecular flexibility index (Phi) is 5.19. The second kappa shape index (κ2) is 7.54. The molecule has 3 N–H and O–H groups in total. The van der Waals surface area contributed by atoms with E-state index >= 15 is 0 Å². The van der Waals surface area contributed by atoms with E-state index in [0.29, 0.717) is 11.4 Å². The first-order valence-electron chi connectivity index (χ1n) is 7.53. The molecule has 1 heterocycles. The van der Waals surface area contributed by atoms with Crippen molar-refractivity contribution in [3.63, 3.8) is 0 Å². The first-order chi connectivity index (χ1) is 12.4. The lowest BCUT2D eigenvalue weighted by Crippen LogP contribution is -2.15. The Balaban J connectivity index is 1.62. The molecule has 9 heteroatoms. The molecule has 3 aromatic rings. The van der Waals surface area contributed by atoms with E-state index in [1.807, 2.05) is 0 Å². The second-order valence-electron chi connectivity index (χ2n) is 5.33. The Morgan fingerprint density at radius 1 is 1.08 bits per heavy atom. The maximum Gasteiger partial charge on any atom is 0.263 e. The van der Waals surface area contributed by atoms with Crippen LogP contribution in [-0.4, -0.2) is 24.4 Å². The molecule has 0 saturated heterocycles. The number of hydrogen-bond donors (Lipinski definition) is 3. The van der Waals surface area contributed by atoms with Gasteiger partial charge in [0.15, 0.2) is 5.13 Å². The first-order valence-corrected chi connectivity index (χ1v) is 9.90. The summed E-state index contributed by atoms with van der Waals surface area (Å²) < 4.78 is 26.9. The minimum Gasteiger partial charge on any atom is -0.508 e. The van der Waals surface area contributed by atoms with E-state index in [-0.39, 0.29) is 28.1 Å². The molecule has 0 saturated carbocycles. The first kappa shape index (κ1) is 17.9. The lowest BCUT2D eigenvalue weighted by atomic mass is 10.2. The van der Waals surface area contributed by atoms with Crippen LogP contribution in [0.15, 0.2) is 64.9 Å². The van der Waals surface area contributed by atoms with Crippen molar-refractivity contribution >= 4 is 38.1 Å². The van der Waals surface area contributed by atoms with Crippen molar-refractivity contribution in [2.75, 3.05) is 10.0 Å². The maximum atomic E-state index is 12.3. The zero-order valence-electron chi connectivity index (χ0n) is 13.4. The number of phenols is 1. The summed E-state index contributed by atoms with van der Waals surface area (Å²) in [5.41, 5.74) is 1.00. The Hall–Kier alpha value is -2.91. The number of phenolic OH excluding ortho intramolecular Hbond substituents is 1. The standard InChI is InChI=1S/C17H15N3O4S2/c21-14-8-6-12(7-9-14)18-16(22)10-13-11-25-17(19-13)20-26(23,24)15-4-2-1-3-5-15/h1-9,11,21H,10H2,(H,18,22)(H,19,20). The fourth-order valence-electron chi connectivity index (χ4n) is 2.12.